The third-order valence-corrected chi connectivity index (χ3v) is 3.67. The Bertz CT molecular complexity index is 649. The number of pyridine rings is 1. The molecule has 1 amide bonds. The van der Waals surface area contributed by atoms with Gasteiger partial charge in [0.15, 0.2) is 0 Å². The Morgan fingerprint density at radius 2 is 1.91 bits per heavy atom. The fraction of sp³-hybridized carbons (Fsp3) is 0.294. The summed E-state index contributed by atoms with van der Waals surface area (Å²) in [6.07, 6.45) is 3.38. The molecule has 114 valence electrons. The second kappa shape index (κ2) is 6.58. The van der Waals surface area contributed by atoms with Gasteiger partial charge in [-0.25, -0.2) is 0 Å². The molecule has 0 bridgehead atoms. The molecular weight excluding hydrogens is 278 g/mol. The van der Waals surface area contributed by atoms with Crippen LogP contribution < -0.4 is 10.2 Å². The lowest BCUT2D eigenvalue weighted by molar-refractivity contribution is 0.102. The molecule has 2 heterocycles. The number of aryl methyl sites for hydroxylation is 1. The maximum absolute atomic E-state index is 12.3. The number of rotatable bonds is 3. The minimum absolute atomic E-state index is 0.147. The largest absolute Gasteiger partial charge is 0.378 e. The number of carbonyl (C=O) groups excluding carboxylic acids is 1. The fourth-order valence-corrected chi connectivity index (χ4v) is 2.39. The number of nitrogens with one attached hydrogen (secondary N) is 1. The molecule has 1 aliphatic rings. The first-order chi connectivity index (χ1) is 10.7. The minimum Gasteiger partial charge on any atom is -0.378 e. The highest BCUT2D eigenvalue weighted by atomic mass is 16.5. The lowest BCUT2D eigenvalue weighted by atomic mass is 10.2. The lowest BCUT2D eigenvalue weighted by Gasteiger charge is -2.28. The van der Waals surface area contributed by atoms with E-state index in [1.807, 2.05) is 37.3 Å². The molecule has 0 spiro atoms. The summed E-state index contributed by atoms with van der Waals surface area (Å²) < 4.78 is 5.35. The molecule has 1 aliphatic heterocycles. The van der Waals surface area contributed by atoms with Crippen LogP contribution in [0, 0.1) is 6.92 Å². The summed E-state index contributed by atoms with van der Waals surface area (Å²) in [6, 6.07) is 9.61. The number of anilines is 2. The quantitative estimate of drug-likeness (QED) is 0.945. The van der Waals surface area contributed by atoms with E-state index in [2.05, 4.69) is 15.2 Å². The van der Waals surface area contributed by atoms with Crippen LogP contribution >= 0.6 is 0 Å². The molecule has 0 atom stereocenters. The van der Waals surface area contributed by atoms with Crippen molar-refractivity contribution in [3.8, 4) is 0 Å². The Hall–Kier alpha value is -2.40. The summed E-state index contributed by atoms with van der Waals surface area (Å²) in [5.74, 6) is -0.147. The van der Waals surface area contributed by atoms with E-state index < -0.39 is 0 Å². The zero-order chi connectivity index (χ0) is 15.4. The average molecular weight is 297 g/mol. The molecule has 0 radical (unpaired) electrons. The van der Waals surface area contributed by atoms with Gasteiger partial charge >= 0.3 is 0 Å². The highest BCUT2D eigenvalue weighted by Gasteiger charge is 2.14. The van der Waals surface area contributed by atoms with Crippen molar-refractivity contribution in [3.05, 3.63) is 53.9 Å². The van der Waals surface area contributed by atoms with Crippen LogP contribution in [-0.2, 0) is 4.74 Å². The van der Waals surface area contributed by atoms with Crippen molar-refractivity contribution in [3.63, 3.8) is 0 Å². The molecular formula is C17H19N3O2. The minimum atomic E-state index is -0.147. The predicted octanol–water partition coefficient (Wildman–Crippen LogP) is 2.48. The molecule has 0 saturated carbocycles. The van der Waals surface area contributed by atoms with Crippen LogP contribution in [0.25, 0.3) is 0 Å². The molecule has 0 unspecified atom stereocenters. The van der Waals surface area contributed by atoms with E-state index in [9.17, 15) is 4.79 Å². The molecule has 5 heteroatoms. The number of morpholine rings is 1. The third-order valence-electron chi connectivity index (χ3n) is 3.67. The maximum atomic E-state index is 12.3. The molecule has 0 aliphatic carbocycles. The topological polar surface area (TPSA) is 54.5 Å². The van der Waals surface area contributed by atoms with E-state index in [4.69, 9.17) is 4.74 Å². The van der Waals surface area contributed by atoms with Crippen LogP contribution in [0.4, 0.5) is 11.4 Å². The summed E-state index contributed by atoms with van der Waals surface area (Å²) >= 11 is 0. The van der Waals surface area contributed by atoms with Gasteiger partial charge in [-0.2, -0.15) is 0 Å². The maximum Gasteiger partial charge on any atom is 0.257 e. The first-order valence-electron chi connectivity index (χ1n) is 7.38. The van der Waals surface area contributed by atoms with Crippen molar-refractivity contribution >= 4 is 17.3 Å². The first kappa shape index (κ1) is 14.5. The normalized spacial score (nSPS) is 14.7. The number of hydrogen-bond donors (Lipinski definition) is 1. The fourth-order valence-electron chi connectivity index (χ4n) is 2.39. The van der Waals surface area contributed by atoms with E-state index in [1.165, 1.54) is 0 Å². The van der Waals surface area contributed by atoms with Crippen molar-refractivity contribution in [2.75, 3.05) is 36.5 Å². The highest BCUT2D eigenvalue weighted by molar-refractivity contribution is 6.04. The van der Waals surface area contributed by atoms with E-state index in [0.29, 0.717) is 18.8 Å². The molecule has 1 N–H and O–H groups in total. The standard InChI is InChI=1S/C17H19N3O2/c1-13-2-4-15(5-3-13)19-17(21)14-10-16(12-18-11-14)20-6-8-22-9-7-20/h2-5,10-12H,6-9H2,1H3,(H,19,21). The van der Waals surface area contributed by atoms with Crippen LogP contribution in [0.1, 0.15) is 15.9 Å². The Kier molecular flexibility index (Phi) is 4.34. The summed E-state index contributed by atoms with van der Waals surface area (Å²) in [4.78, 5) is 18.7. The lowest BCUT2D eigenvalue weighted by Crippen LogP contribution is -2.36. The summed E-state index contributed by atoms with van der Waals surface area (Å²) in [5.41, 5.74) is 3.46. The van der Waals surface area contributed by atoms with Gasteiger partial charge in [0.05, 0.1) is 30.7 Å². The smallest absolute Gasteiger partial charge is 0.257 e. The third kappa shape index (κ3) is 3.43. The molecule has 1 aromatic heterocycles. The van der Waals surface area contributed by atoms with E-state index in [-0.39, 0.29) is 5.91 Å². The number of ether oxygens (including phenoxy) is 1. The zero-order valence-electron chi connectivity index (χ0n) is 12.6. The van der Waals surface area contributed by atoms with Crippen molar-refractivity contribution in [2.45, 2.75) is 6.92 Å². The number of nitrogens with zero attached hydrogens (tertiary/aromatic N) is 2. The van der Waals surface area contributed by atoms with Gasteiger partial charge in [0.1, 0.15) is 0 Å². The molecule has 5 nitrogen and oxygen atoms in total. The molecule has 1 fully saturated rings. The van der Waals surface area contributed by atoms with Gasteiger partial charge in [0.2, 0.25) is 0 Å². The van der Waals surface area contributed by atoms with Crippen molar-refractivity contribution in [1.82, 2.24) is 4.98 Å². The number of hydrogen-bond acceptors (Lipinski definition) is 4. The van der Waals surface area contributed by atoms with Gasteiger partial charge in [0, 0.05) is 25.0 Å². The van der Waals surface area contributed by atoms with Crippen LogP contribution in [0.15, 0.2) is 42.7 Å². The highest BCUT2D eigenvalue weighted by Crippen LogP contribution is 2.17. The Balaban J connectivity index is 1.73. The van der Waals surface area contributed by atoms with Crippen molar-refractivity contribution in [2.24, 2.45) is 0 Å². The van der Waals surface area contributed by atoms with Gasteiger partial charge in [-0.3, -0.25) is 9.78 Å². The monoisotopic (exact) mass is 297 g/mol. The number of carbonyl (C=O) groups is 1. The van der Waals surface area contributed by atoms with Crippen molar-refractivity contribution in [1.29, 1.82) is 0 Å². The SMILES string of the molecule is Cc1ccc(NC(=O)c2cncc(N3CCOCC3)c2)cc1. The Morgan fingerprint density at radius 1 is 1.18 bits per heavy atom. The van der Waals surface area contributed by atoms with Gasteiger partial charge in [-0.1, -0.05) is 17.7 Å². The average Bonchev–Trinajstić information content (AvgIpc) is 2.58. The Morgan fingerprint density at radius 3 is 2.64 bits per heavy atom. The van der Waals surface area contributed by atoms with Gasteiger partial charge in [-0.15, -0.1) is 0 Å². The predicted molar refractivity (Wildman–Crippen MR) is 86.4 cm³/mol. The van der Waals surface area contributed by atoms with E-state index >= 15 is 0 Å². The second-order valence-corrected chi connectivity index (χ2v) is 5.35. The molecule has 1 aromatic carbocycles. The molecule has 3 rings (SSSR count). The zero-order valence-corrected chi connectivity index (χ0v) is 12.6. The van der Waals surface area contributed by atoms with Crippen LogP contribution in [0.2, 0.25) is 0 Å². The van der Waals surface area contributed by atoms with Crippen LogP contribution in [-0.4, -0.2) is 37.2 Å². The molecule has 22 heavy (non-hydrogen) atoms. The second-order valence-electron chi connectivity index (χ2n) is 5.35. The summed E-state index contributed by atoms with van der Waals surface area (Å²) in [6.45, 7) is 5.08. The van der Waals surface area contributed by atoms with Gasteiger partial charge in [0.25, 0.3) is 5.91 Å². The molecule has 2 aromatic rings. The van der Waals surface area contributed by atoms with Crippen LogP contribution in [0.3, 0.4) is 0 Å². The number of amides is 1. The Labute approximate surface area is 129 Å². The first-order valence-corrected chi connectivity index (χ1v) is 7.38. The van der Waals surface area contributed by atoms with Crippen molar-refractivity contribution < 1.29 is 9.53 Å². The van der Waals surface area contributed by atoms with Crippen LogP contribution in [0.5, 0.6) is 0 Å². The number of aromatic nitrogens is 1. The molecule has 1 saturated heterocycles. The van der Waals surface area contributed by atoms with Gasteiger partial charge in [-0.05, 0) is 25.1 Å². The van der Waals surface area contributed by atoms with E-state index in [0.717, 1.165) is 30.0 Å². The van der Waals surface area contributed by atoms with E-state index in [1.54, 1.807) is 12.4 Å². The summed E-state index contributed by atoms with van der Waals surface area (Å²) in [5, 5.41) is 2.89. The number of benzene rings is 1. The van der Waals surface area contributed by atoms with Gasteiger partial charge < -0.3 is 15.0 Å². The summed E-state index contributed by atoms with van der Waals surface area (Å²) in [7, 11) is 0.